The first-order chi connectivity index (χ1) is 11.9. The van der Waals surface area contributed by atoms with Crippen LogP contribution in [0.1, 0.15) is 20.8 Å². The van der Waals surface area contributed by atoms with Crippen molar-refractivity contribution in [3.05, 3.63) is 12.4 Å². The molecule has 1 aliphatic heterocycles. The van der Waals surface area contributed by atoms with Crippen molar-refractivity contribution in [3.8, 4) is 0 Å². The maximum atomic E-state index is 12.5. The Labute approximate surface area is 148 Å². The molecule has 0 bridgehead atoms. The lowest BCUT2D eigenvalue weighted by molar-refractivity contribution is -0.120. The molecule has 0 radical (unpaired) electrons. The van der Waals surface area contributed by atoms with E-state index in [0.29, 0.717) is 25.6 Å². The van der Waals surface area contributed by atoms with Gasteiger partial charge in [0.2, 0.25) is 11.8 Å². The number of hydrogen-bond acceptors (Lipinski definition) is 4. The Balaban J connectivity index is 2.00. The average molecular weight is 349 g/mol. The van der Waals surface area contributed by atoms with Gasteiger partial charge in [-0.05, 0) is 20.8 Å². The molecule has 0 spiro atoms. The van der Waals surface area contributed by atoms with Crippen LogP contribution in [0, 0.1) is 0 Å². The maximum absolute atomic E-state index is 12.5. The maximum Gasteiger partial charge on any atom is 0.246 e. The quantitative estimate of drug-likeness (QED) is 0.555. The Morgan fingerprint density at radius 3 is 2.72 bits per heavy atom. The summed E-state index contributed by atoms with van der Waals surface area (Å²) < 4.78 is 1.67. The monoisotopic (exact) mass is 349 g/mol. The number of aryl methyl sites for hydroxylation is 1. The molecule has 2 N–H and O–H groups in total. The summed E-state index contributed by atoms with van der Waals surface area (Å²) in [6.07, 6.45) is 3.51. The van der Waals surface area contributed by atoms with E-state index < -0.39 is 0 Å². The van der Waals surface area contributed by atoms with E-state index in [2.05, 4.69) is 20.7 Å². The van der Waals surface area contributed by atoms with Crippen LogP contribution in [0.25, 0.3) is 0 Å². The van der Waals surface area contributed by atoms with E-state index in [1.807, 2.05) is 38.9 Å². The van der Waals surface area contributed by atoms with Crippen molar-refractivity contribution >= 4 is 23.5 Å². The van der Waals surface area contributed by atoms with Gasteiger partial charge in [0.25, 0.3) is 0 Å². The number of carbonyl (C=O) groups excluding carboxylic acids is 2. The summed E-state index contributed by atoms with van der Waals surface area (Å²) in [5.74, 6) is 0.433. The van der Waals surface area contributed by atoms with Gasteiger partial charge < -0.3 is 20.4 Å². The van der Waals surface area contributed by atoms with Gasteiger partial charge >= 0.3 is 0 Å². The van der Waals surface area contributed by atoms with Crippen molar-refractivity contribution in [2.75, 3.05) is 37.6 Å². The van der Waals surface area contributed by atoms with E-state index in [4.69, 9.17) is 0 Å². The van der Waals surface area contributed by atoms with Gasteiger partial charge in [0, 0.05) is 38.9 Å². The number of nitrogens with zero attached hydrogens (tertiary/aromatic N) is 5. The fourth-order valence-electron chi connectivity index (χ4n) is 2.61. The Morgan fingerprint density at radius 2 is 2.16 bits per heavy atom. The molecule has 0 aliphatic carbocycles. The molecule has 2 amide bonds. The zero-order chi connectivity index (χ0) is 18.4. The van der Waals surface area contributed by atoms with Gasteiger partial charge in [-0.15, -0.1) is 0 Å². The fraction of sp³-hybridized carbons (Fsp3) is 0.625. The third-order valence-electron chi connectivity index (χ3n) is 3.68. The molecule has 0 aromatic carbocycles. The fourth-order valence-corrected chi connectivity index (χ4v) is 2.61. The smallest absolute Gasteiger partial charge is 0.246 e. The number of carbonyl (C=O) groups is 2. The highest BCUT2D eigenvalue weighted by Gasteiger charge is 2.27. The average Bonchev–Trinajstić information content (AvgIpc) is 2.96. The number of guanidine groups is 1. The number of nitrogens with one attached hydrogen (secondary N) is 2. The van der Waals surface area contributed by atoms with Gasteiger partial charge in [-0.3, -0.25) is 14.3 Å². The molecule has 1 aromatic heterocycles. The van der Waals surface area contributed by atoms with Gasteiger partial charge in [-0.1, -0.05) is 0 Å². The molecule has 0 unspecified atom stereocenters. The first kappa shape index (κ1) is 18.8. The van der Waals surface area contributed by atoms with Gasteiger partial charge in [-0.2, -0.15) is 5.10 Å². The predicted octanol–water partition coefficient (Wildman–Crippen LogP) is -0.441. The Kier molecular flexibility index (Phi) is 6.37. The number of aliphatic imine (C=N–C) groups is 1. The molecule has 1 aromatic rings. The zero-order valence-corrected chi connectivity index (χ0v) is 15.3. The van der Waals surface area contributed by atoms with E-state index in [-0.39, 0.29) is 30.9 Å². The highest BCUT2D eigenvalue weighted by atomic mass is 16.2. The number of amides is 2. The van der Waals surface area contributed by atoms with E-state index in [9.17, 15) is 9.59 Å². The molecule has 0 saturated carbocycles. The van der Waals surface area contributed by atoms with Crippen LogP contribution in [0.3, 0.4) is 0 Å². The first-order valence-corrected chi connectivity index (χ1v) is 8.52. The highest BCUT2D eigenvalue weighted by molar-refractivity contribution is 5.98. The minimum atomic E-state index is -0.134. The summed E-state index contributed by atoms with van der Waals surface area (Å²) in [5.41, 5.74) is 0.797. The van der Waals surface area contributed by atoms with Crippen LogP contribution < -0.4 is 15.5 Å². The minimum absolute atomic E-state index is 0.0171. The van der Waals surface area contributed by atoms with Crippen LogP contribution in [-0.4, -0.2) is 71.2 Å². The number of aromatic nitrogens is 2. The molecule has 0 atom stereocenters. The van der Waals surface area contributed by atoms with E-state index in [1.54, 1.807) is 15.8 Å². The van der Waals surface area contributed by atoms with Crippen LogP contribution in [0.4, 0.5) is 5.69 Å². The molecule has 1 aliphatic rings. The van der Waals surface area contributed by atoms with Crippen molar-refractivity contribution in [1.29, 1.82) is 0 Å². The lowest BCUT2D eigenvalue weighted by Crippen LogP contribution is -2.55. The topological polar surface area (TPSA) is 94.9 Å². The summed E-state index contributed by atoms with van der Waals surface area (Å²) in [7, 11) is 1.82. The summed E-state index contributed by atoms with van der Waals surface area (Å²) in [5, 5.41) is 10.1. The third kappa shape index (κ3) is 5.20. The second-order valence-electron chi connectivity index (χ2n) is 6.23. The van der Waals surface area contributed by atoms with Crippen molar-refractivity contribution in [1.82, 2.24) is 25.3 Å². The van der Waals surface area contributed by atoms with Crippen molar-refractivity contribution in [2.24, 2.45) is 12.0 Å². The molecule has 1 fully saturated rings. The van der Waals surface area contributed by atoms with Gasteiger partial charge in [0.15, 0.2) is 5.96 Å². The Bertz CT molecular complexity index is 638. The first-order valence-electron chi connectivity index (χ1n) is 8.52. The molecular weight excluding hydrogens is 322 g/mol. The van der Waals surface area contributed by atoms with Crippen molar-refractivity contribution in [3.63, 3.8) is 0 Å². The van der Waals surface area contributed by atoms with Crippen molar-refractivity contribution in [2.45, 2.75) is 26.8 Å². The second-order valence-corrected chi connectivity index (χ2v) is 6.23. The normalized spacial score (nSPS) is 15.7. The molecule has 1 saturated heterocycles. The zero-order valence-electron chi connectivity index (χ0n) is 15.3. The number of anilines is 1. The molecular formula is C16H27N7O2. The third-order valence-corrected chi connectivity index (χ3v) is 3.68. The summed E-state index contributed by atoms with van der Waals surface area (Å²) >= 11 is 0. The summed E-state index contributed by atoms with van der Waals surface area (Å²) in [6, 6.07) is 0.0786. The Morgan fingerprint density at radius 1 is 1.40 bits per heavy atom. The van der Waals surface area contributed by atoms with E-state index in [0.717, 1.165) is 5.69 Å². The van der Waals surface area contributed by atoms with Gasteiger partial charge in [-0.25, -0.2) is 4.99 Å². The summed E-state index contributed by atoms with van der Waals surface area (Å²) in [4.78, 5) is 32.2. The van der Waals surface area contributed by atoms with Crippen molar-refractivity contribution < 1.29 is 9.59 Å². The molecule has 9 heteroatoms. The highest BCUT2D eigenvalue weighted by Crippen LogP contribution is 2.16. The molecule has 9 nitrogen and oxygen atoms in total. The van der Waals surface area contributed by atoms with Gasteiger partial charge in [0.05, 0.1) is 11.9 Å². The SMILES string of the molecule is CCNC(=NCC(=O)NC(C)C)N1CCN(c2cnn(C)c2)C(=O)C1. The minimum Gasteiger partial charge on any atom is -0.356 e. The van der Waals surface area contributed by atoms with Crippen LogP contribution in [0.5, 0.6) is 0 Å². The van der Waals surface area contributed by atoms with Crippen LogP contribution in [0.15, 0.2) is 17.4 Å². The van der Waals surface area contributed by atoms with Crippen LogP contribution >= 0.6 is 0 Å². The Hall–Kier alpha value is -2.58. The molecule has 25 heavy (non-hydrogen) atoms. The number of rotatable bonds is 5. The largest absolute Gasteiger partial charge is 0.356 e. The standard InChI is InChI=1S/C16H27N7O2/c1-5-17-16(18-9-14(24)20-12(2)3)22-6-7-23(15(25)11-22)13-8-19-21(4)10-13/h8,10,12H,5-7,9,11H2,1-4H3,(H,17,18)(H,20,24). The molecule has 2 heterocycles. The summed E-state index contributed by atoms with van der Waals surface area (Å²) in [6.45, 7) is 7.88. The number of piperazine rings is 1. The lowest BCUT2D eigenvalue weighted by atomic mass is 10.3. The van der Waals surface area contributed by atoms with Crippen LogP contribution in [0.2, 0.25) is 0 Å². The molecule has 2 rings (SSSR count). The van der Waals surface area contributed by atoms with Gasteiger partial charge in [0.1, 0.15) is 13.1 Å². The van der Waals surface area contributed by atoms with E-state index >= 15 is 0 Å². The predicted molar refractivity (Wildman–Crippen MR) is 96.4 cm³/mol. The van der Waals surface area contributed by atoms with Crippen LogP contribution in [-0.2, 0) is 16.6 Å². The lowest BCUT2D eigenvalue weighted by Gasteiger charge is -2.35. The van der Waals surface area contributed by atoms with E-state index in [1.165, 1.54) is 0 Å². The second kappa shape index (κ2) is 8.50. The number of hydrogen-bond donors (Lipinski definition) is 2. The molecule has 138 valence electrons.